The van der Waals surface area contributed by atoms with E-state index in [1.54, 1.807) is 0 Å². The Morgan fingerprint density at radius 2 is 2.23 bits per heavy atom. The molecule has 0 spiro atoms. The molecule has 1 amide bonds. The van der Waals surface area contributed by atoms with E-state index >= 15 is 0 Å². The lowest BCUT2D eigenvalue weighted by atomic mass is 10.2. The number of nitrogens with two attached hydrogens (primary N) is 1. The van der Waals surface area contributed by atoms with Crippen molar-refractivity contribution in [3.63, 3.8) is 0 Å². The van der Waals surface area contributed by atoms with Crippen LogP contribution in [0.15, 0.2) is 0 Å². The summed E-state index contributed by atoms with van der Waals surface area (Å²) in [5.41, 5.74) is 5.21. The normalized spacial score (nSPS) is 12.6. The van der Waals surface area contributed by atoms with E-state index in [1.807, 2.05) is 0 Å². The molecule has 0 saturated carbocycles. The Labute approximate surface area is 78.3 Å². The van der Waals surface area contributed by atoms with E-state index in [1.165, 1.54) is 0 Å². The molecule has 0 unspecified atom stereocenters. The molecule has 0 fully saturated rings. The number of aldehydes is 1. The van der Waals surface area contributed by atoms with Gasteiger partial charge in [-0.2, -0.15) is 0 Å². The van der Waals surface area contributed by atoms with Crippen LogP contribution in [0.5, 0.6) is 0 Å². The fraction of sp³-hybridized carbons (Fsp3) is 0.500. The van der Waals surface area contributed by atoms with E-state index in [-0.39, 0.29) is 6.54 Å². The first kappa shape index (κ1) is 12.1. The Morgan fingerprint density at radius 3 is 2.62 bits per heavy atom. The van der Waals surface area contributed by atoms with E-state index in [0.29, 0.717) is 19.3 Å². The van der Waals surface area contributed by atoms with Gasteiger partial charge in [0, 0.05) is 14.1 Å². The van der Waals surface area contributed by atoms with Crippen LogP contribution in [0.1, 0.15) is 6.42 Å². The van der Waals surface area contributed by atoms with Crippen LogP contribution in [-0.4, -0.2) is 36.2 Å². The summed E-state index contributed by atoms with van der Waals surface area (Å²) >= 11 is 0. The van der Waals surface area contributed by atoms with Gasteiger partial charge in [-0.3, -0.25) is 9.69 Å². The summed E-state index contributed by atoms with van der Waals surface area (Å²) in [7, 11) is 10.0. The van der Waals surface area contributed by atoms with Gasteiger partial charge in [0.05, 0.1) is 12.6 Å². The van der Waals surface area contributed by atoms with Gasteiger partial charge >= 0.3 is 0 Å². The maximum atomic E-state index is 11.0. The highest BCUT2D eigenvalue weighted by Crippen LogP contribution is 1.86. The zero-order chi connectivity index (χ0) is 10.3. The lowest BCUT2D eigenvalue weighted by molar-refractivity contribution is -0.124. The number of carbonyl (C=O) groups is 2. The van der Waals surface area contributed by atoms with Crippen LogP contribution in [0.2, 0.25) is 0 Å². The SMILES string of the molecule is [CH]N([CH])CC(=O)N[C@@H](C=O)CCN. The highest BCUT2D eigenvalue weighted by molar-refractivity contribution is 5.81. The minimum absolute atomic E-state index is 0.158. The average Bonchev–Trinajstić information content (AvgIpc) is 2.02. The minimum atomic E-state index is -0.558. The molecule has 0 bridgehead atoms. The number of nitrogens with zero attached hydrogens (tertiary/aromatic N) is 1. The van der Waals surface area contributed by atoms with E-state index in [2.05, 4.69) is 5.32 Å². The second kappa shape index (κ2) is 6.56. The number of rotatable bonds is 6. The highest BCUT2D eigenvalue weighted by Gasteiger charge is 2.10. The Morgan fingerprint density at radius 1 is 1.62 bits per heavy atom. The smallest absolute Gasteiger partial charge is 0.234 e. The van der Waals surface area contributed by atoms with Crippen molar-refractivity contribution in [1.82, 2.24) is 10.2 Å². The van der Waals surface area contributed by atoms with Crippen LogP contribution >= 0.6 is 0 Å². The lowest BCUT2D eigenvalue weighted by Gasteiger charge is -2.13. The molecule has 72 valence electrons. The van der Waals surface area contributed by atoms with Crippen molar-refractivity contribution in [2.24, 2.45) is 5.73 Å². The van der Waals surface area contributed by atoms with Crippen LogP contribution in [0, 0.1) is 14.1 Å². The number of hydrogen-bond acceptors (Lipinski definition) is 4. The van der Waals surface area contributed by atoms with Crippen molar-refractivity contribution in [2.75, 3.05) is 13.1 Å². The number of amides is 1. The molecule has 0 aromatic rings. The Hall–Kier alpha value is -0.940. The van der Waals surface area contributed by atoms with Crippen molar-refractivity contribution in [3.05, 3.63) is 14.1 Å². The highest BCUT2D eigenvalue weighted by atomic mass is 16.2. The molecule has 0 aliphatic carbocycles. The summed E-state index contributed by atoms with van der Waals surface area (Å²) in [6, 6.07) is -0.558. The Balaban J connectivity index is 3.79. The molecule has 0 rings (SSSR count). The Kier molecular flexibility index (Phi) is 6.09. The van der Waals surface area contributed by atoms with Crippen LogP contribution in [0.3, 0.4) is 0 Å². The van der Waals surface area contributed by atoms with Gasteiger partial charge in [-0.1, -0.05) is 0 Å². The summed E-state index contributed by atoms with van der Waals surface area (Å²) in [4.78, 5) is 22.1. The van der Waals surface area contributed by atoms with Crippen LogP contribution in [-0.2, 0) is 9.59 Å². The monoisotopic (exact) mass is 183 g/mol. The molecule has 0 aromatic heterocycles. The zero-order valence-electron chi connectivity index (χ0n) is 7.27. The molecule has 13 heavy (non-hydrogen) atoms. The molecule has 0 heterocycles. The second-order valence-corrected chi connectivity index (χ2v) is 2.56. The average molecular weight is 183 g/mol. The lowest BCUT2D eigenvalue weighted by Crippen LogP contribution is -2.41. The molecule has 0 aliphatic rings. The molecular weight excluding hydrogens is 170 g/mol. The first-order chi connectivity index (χ1) is 6.10. The third-order valence-corrected chi connectivity index (χ3v) is 1.31. The summed E-state index contributed by atoms with van der Waals surface area (Å²) in [6.07, 6.45) is 1.03. The Bertz CT molecular complexity index is 171. The molecular formula is C8H13N3O2. The largest absolute Gasteiger partial charge is 0.345 e. The van der Waals surface area contributed by atoms with Crippen LogP contribution in [0.25, 0.3) is 0 Å². The van der Waals surface area contributed by atoms with Gasteiger partial charge in [-0.15, -0.1) is 0 Å². The first-order valence-corrected chi connectivity index (χ1v) is 3.81. The van der Waals surface area contributed by atoms with Crippen molar-refractivity contribution in [3.8, 4) is 0 Å². The van der Waals surface area contributed by atoms with Crippen LogP contribution in [0.4, 0.5) is 0 Å². The molecule has 0 aliphatic heterocycles. The van der Waals surface area contributed by atoms with Crippen molar-refractivity contribution < 1.29 is 9.59 Å². The fourth-order valence-electron chi connectivity index (χ4n) is 0.772. The van der Waals surface area contributed by atoms with Gasteiger partial charge in [0.15, 0.2) is 0 Å². The number of nitrogens with one attached hydrogen (secondary N) is 1. The van der Waals surface area contributed by atoms with Gasteiger partial charge in [0.25, 0.3) is 0 Å². The fourth-order valence-corrected chi connectivity index (χ4v) is 0.772. The standard InChI is InChI=1S/C8H13N3O2/c1-11(2)5-8(13)10-7(6-12)3-4-9/h1-2,6-7H,3-5,9H2,(H,10,13)/t7-/m1/s1. The molecule has 3 N–H and O–H groups in total. The van der Waals surface area contributed by atoms with E-state index in [0.717, 1.165) is 4.90 Å². The van der Waals surface area contributed by atoms with Gasteiger partial charge in [0.1, 0.15) is 6.29 Å². The quantitative estimate of drug-likeness (QED) is 0.394. The molecule has 4 radical (unpaired) electrons. The molecule has 5 heteroatoms. The summed E-state index contributed by atoms with van der Waals surface area (Å²) in [5.74, 6) is -0.407. The predicted molar refractivity (Wildman–Crippen MR) is 47.0 cm³/mol. The van der Waals surface area contributed by atoms with Gasteiger partial charge in [0.2, 0.25) is 5.91 Å². The van der Waals surface area contributed by atoms with Crippen molar-refractivity contribution in [1.29, 1.82) is 0 Å². The third kappa shape index (κ3) is 6.24. The summed E-state index contributed by atoms with van der Waals surface area (Å²) < 4.78 is 0. The topological polar surface area (TPSA) is 75.4 Å². The van der Waals surface area contributed by atoms with Gasteiger partial charge < -0.3 is 15.8 Å². The van der Waals surface area contributed by atoms with Gasteiger partial charge in [-0.25, -0.2) is 0 Å². The number of hydrogen-bond donors (Lipinski definition) is 2. The molecule has 0 aromatic carbocycles. The van der Waals surface area contributed by atoms with E-state index < -0.39 is 11.9 Å². The molecule has 0 saturated heterocycles. The van der Waals surface area contributed by atoms with E-state index in [4.69, 9.17) is 19.8 Å². The second-order valence-electron chi connectivity index (χ2n) is 2.56. The van der Waals surface area contributed by atoms with E-state index in [9.17, 15) is 9.59 Å². The minimum Gasteiger partial charge on any atom is -0.345 e. The van der Waals surface area contributed by atoms with Crippen LogP contribution < -0.4 is 11.1 Å². The summed E-state index contributed by atoms with van der Waals surface area (Å²) in [6.45, 7) is 0.174. The maximum absolute atomic E-state index is 11.0. The van der Waals surface area contributed by atoms with Crippen molar-refractivity contribution in [2.45, 2.75) is 12.5 Å². The zero-order valence-corrected chi connectivity index (χ0v) is 7.27. The number of carbonyl (C=O) groups excluding carboxylic acids is 2. The predicted octanol–water partition coefficient (Wildman–Crippen LogP) is -1.34. The maximum Gasteiger partial charge on any atom is 0.234 e. The third-order valence-electron chi connectivity index (χ3n) is 1.31. The molecule has 5 nitrogen and oxygen atoms in total. The molecule has 1 atom stereocenters. The van der Waals surface area contributed by atoms with Crippen molar-refractivity contribution >= 4 is 12.2 Å². The first-order valence-electron chi connectivity index (χ1n) is 3.81. The summed E-state index contributed by atoms with van der Waals surface area (Å²) in [5, 5.41) is 2.41. The van der Waals surface area contributed by atoms with Gasteiger partial charge in [-0.05, 0) is 13.0 Å².